The van der Waals surface area contributed by atoms with E-state index < -0.39 is 17.2 Å². The number of allylic oxidation sites excluding steroid dienone is 1. The summed E-state index contributed by atoms with van der Waals surface area (Å²) < 4.78 is 46.4. The Morgan fingerprint density at radius 1 is 0.814 bits per heavy atom. The molecule has 0 amide bonds. The summed E-state index contributed by atoms with van der Waals surface area (Å²) in [5, 5.41) is 0. The Balaban J connectivity index is 1.25. The average molecular weight is 597 g/mol. The Kier molecular flexibility index (Phi) is 6.30. The molecule has 5 saturated carbocycles. The molecule has 2 bridgehead atoms. The van der Waals surface area contributed by atoms with Crippen LogP contribution in [0.25, 0.3) is 6.08 Å². The summed E-state index contributed by atoms with van der Waals surface area (Å²) in [4.78, 5) is 14.0. The number of carbonyl (C=O) groups is 1. The topological polar surface area (TPSA) is 26.3 Å². The van der Waals surface area contributed by atoms with Crippen LogP contribution >= 0.6 is 0 Å². The van der Waals surface area contributed by atoms with Gasteiger partial charge in [-0.1, -0.05) is 60.6 Å². The number of halogens is 3. The molecule has 0 spiro atoms. The molecule has 2 nitrogen and oxygen atoms in total. The monoisotopic (exact) mass is 596 g/mol. The minimum atomic E-state index is -4.37. The molecule has 1 aromatic rings. The summed E-state index contributed by atoms with van der Waals surface area (Å²) >= 11 is 0. The van der Waals surface area contributed by atoms with Crippen molar-refractivity contribution in [1.29, 1.82) is 0 Å². The molecule has 6 aliphatic rings. The van der Waals surface area contributed by atoms with E-state index in [1.165, 1.54) is 57.1 Å². The van der Waals surface area contributed by atoms with Crippen molar-refractivity contribution in [2.75, 3.05) is 6.61 Å². The molecule has 4 unspecified atom stereocenters. The number of rotatable bonds is 1. The summed E-state index contributed by atoms with van der Waals surface area (Å²) in [5.74, 6) is 2.32. The lowest BCUT2D eigenvalue weighted by molar-refractivity contribution is -0.236. The fourth-order valence-corrected chi connectivity index (χ4v) is 12.9. The van der Waals surface area contributed by atoms with Crippen LogP contribution in [0.1, 0.15) is 117 Å². The molecular formula is C38H51F3O2. The Morgan fingerprint density at radius 2 is 1.49 bits per heavy atom. The smallest absolute Gasteiger partial charge is 0.377 e. The summed E-state index contributed by atoms with van der Waals surface area (Å²) in [6, 6.07) is 5.30. The second-order valence-corrected chi connectivity index (χ2v) is 17.8. The number of Topliss-reactive ketones (excluding diaryl/α,β-unsaturated/α-hetero) is 1. The molecule has 1 heterocycles. The van der Waals surface area contributed by atoms with Gasteiger partial charge < -0.3 is 4.74 Å². The molecule has 1 saturated heterocycles. The van der Waals surface area contributed by atoms with E-state index in [0.717, 1.165) is 30.7 Å². The zero-order valence-electron chi connectivity index (χ0n) is 27.3. The van der Waals surface area contributed by atoms with Gasteiger partial charge in [-0.2, -0.15) is 13.2 Å². The van der Waals surface area contributed by atoms with Crippen molar-refractivity contribution in [2.45, 2.75) is 119 Å². The maximum Gasteiger partial charge on any atom is 0.416 e. The second-order valence-electron chi connectivity index (χ2n) is 17.8. The molecule has 0 aromatic heterocycles. The van der Waals surface area contributed by atoms with Crippen LogP contribution in [0.3, 0.4) is 0 Å². The van der Waals surface area contributed by atoms with Crippen LogP contribution in [0.4, 0.5) is 13.2 Å². The van der Waals surface area contributed by atoms with Gasteiger partial charge in [0.1, 0.15) is 0 Å². The van der Waals surface area contributed by atoms with Crippen molar-refractivity contribution >= 4 is 11.9 Å². The van der Waals surface area contributed by atoms with Crippen LogP contribution in [0, 0.1) is 56.2 Å². The number of alkyl halides is 3. The molecule has 43 heavy (non-hydrogen) atoms. The minimum absolute atomic E-state index is 0.0351. The Bertz CT molecular complexity index is 1360. The van der Waals surface area contributed by atoms with Gasteiger partial charge in [-0.3, -0.25) is 4.79 Å². The molecule has 7 rings (SSSR count). The molecule has 236 valence electrons. The van der Waals surface area contributed by atoms with E-state index in [4.69, 9.17) is 4.74 Å². The normalized spacial score (nSPS) is 47.3. The lowest BCUT2D eigenvalue weighted by Gasteiger charge is -2.73. The zero-order chi connectivity index (χ0) is 31.0. The van der Waals surface area contributed by atoms with Crippen LogP contribution in [0.15, 0.2) is 29.8 Å². The van der Waals surface area contributed by atoms with Gasteiger partial charge in [0.15, 0.2) is 5.78 Å². The molecule has 5 aliphatic carbocycles. The Morgan fingerprint density at radius 3 is 2.16 bits per heavy atom. The SMILES string of the molecule is CC1(C)C(=O)C(=Cc2ccc(C(F)(F)F)cc2)C[C@@]2(C)C1CC[C@]1(C)C2CCC2C3[C@H]4OC[C@@]3(CCC4(C)C)CC[C@]21C. The van der Waals surface area contributed by atoms with Crippen molar-refractivity contribution in [3.63, 3.8) is 0 Å². The van der Waals surface area contributed by atoms with Crippen LogP contribution in [0.2, 0.25) is 0 Å². The van der Waals surface area contributed by atoms with E-state index in [1.54, 1.807) is 0 Å². The van der Waals surface area contributed by atoms with Gasteiger partial charge in [0, 0.05) is 5.41 Å². The van der Waals surface area contributed by atoms with Crippen molar-refractivity contribution in [3.05, 3.63) is 41.0 Å². The summed E-state index contributed by atoms with van der Waals surface area (Å²) in [7, 11) is 0. The first kappa shape index (κ1) is 30.1. The Labute approximate surface area is 256 Å². The van der Waals surface area contributed by atoms with E-state index in [9.17, 15) is 18.0 Å². The van der Waals surface area contributed by atoms with Crippen molar-refractivity contribution in [1.82, 2.24) is 0 Å². The fourth-order valence-electron chi connectivity index (χ4n) is 12.9. The van der Waals surface area contributed by atoms with Gasteiger partial charge in [-0.25, -0.2) is 0 Å². The third-order valence-electron chi connectivity index (χ3n) is 15.3. The second kappa shape index (κ2) is 9.01. The van der Waals surface area contributed by atoms with Gasteiger partial charge >= 0.3 is 6.18 Å². The van der Waals surface area contributed by atoms with Crippen molar-refractivity contribution in [2.24, 2.45) is 56.2 Å². The maximum absolute atomic E-state index is 14.0. The predicted octanol–water partition coefficient (Wildman–Crippen LogP) is 10.2. The molecule has 1 aromatic carbocycles. The van der Waals surface area contributed by atoms with E-state index in [0.29, 0.717) is 47.2 Å². The summed E-state index contributed by atoms with van der Waals surface area (Å²) in [5.41, 5.74) is 1.30. The standard InChI is InChI=1S/C38H51F3O2/c1-32(2)16-18-37-19-17-35(6)26(29(37)31(32)43-22-37)12-13-28-34(5)21-24(20-23-8-10-25(11-9-23)38(39,40)41)30(42)33(3,4)27(34)14-15-36(28,35)7/h8-11,20,26-29,31H,12-19,21-22H2,1-7H3/t26?,27?,28?,29?,31-,34+,35-,36-,37-/m1/s1. The van der Waals surface area contributed by atoms with Gasteiger partial charge in [0.25, 0.3) is 0 Å². The molecular weight excluding hydrogens is 545 g/mol. The quantitative estimate of drug-likeness (QED) is 0.302. The minimum Gasteiger partial charge on any atom is -0.377 e. The lowest BCUT2D eigenvalue weighted by atomic mass is 9.31. The number of carbonyl (C=O) groups excluding carboxylic acids is 1. The van der Waals surface area contributed by atoms with E-state index in [-0.39, 0.29) is 27.4 Å². The number of ether oxygens (including phenoxy) is 1. The fraction of sp³-hybridized carbons (Fsp3) is 0.763. The van der Waals surface area contributed by atoms with Crippen LogP contribution < -0.4 is 0 Å². The maximum atomic E-state index is 14.0. The average Bonchev–Trinajstić information content (AvgIpc) is 3.26. The van der Waals surface area contributed by atoms with Gasteiger partial charge in [0.05, 0.1) is 18.3 Å². The first-order valence-electron chi connectivity index (χ1n) is 16.9. The van der Waals surface area contributed by atoms with Crippen LogP contribution in [-0.2, 0) is 15.7 Å². The van der Waals surface area contributed by atoms with E-state index >= 15 is 0 Å². The highest BCUT2D eigenvalue weighted by Gasteiger charge is 2.73. The molecule has 6 fully saturated rings. The summed E-state index contributed by atoms with van der Waals surface area (Å²) in [6.07, 6.45) is 8.43. The number of benzene rings is 1. The largest absolute Gasteiger partial charge is 0.416 e. The third-order valence-corrected chi connectivity index (χ3v) is 15.3. The molecule has 9 atom stereocenters. The number of ketones is 1. The molecule has 1 aliphatic heterocycles. The predicted molar refractivity (Wildman–Crippen MR) is 164 cm³/mol. The van der Waals surface area contributed by atoms with E-state index in [1.807, 2.05) is 6.08 Å². The van der Waals surface area contributed by atoms with Gasteiger partial charge in [-0.05, 0) is 138 Å². The molecule has 0 radical (unpaired) electrons. The zero-order valence-corrected chi connectivity index (χ0v) is 27.3. The highest BCUT2D eigenvalue weighted by atomic mass is 19.4. The van der Waals surface area contributed by atoms with Crippen LogP contribution in [0.5, 0.6) is 0 Å². The lowest BCUT2D eigenvalue weighted by Crippen LogP contribution is -2.67. The van der Waals surface area contributed by atoms with E-state index in [2.05, 4.69) is 48.5 Å². The summed E-state index contributed by atoms with van der Waals surface area (Å²) in [6.45, 7) is 17.8. The van der Waals surface area contributed by atoms with Crippen LogP contribution in [-0.4, -0.2) is 18.5 Å². The third kappa shape index (κ3) is 3.91. The van der Waals surface area contributed by atoms with Gasteiger partial charge in [0.2, 0.25) is 0 Å². The number of hydrogen-bond donors (Lipinski definition) is 0. The molecule has 0 N–H and O–H groups in total. The first-order chi connectivity index (χ1) is 19.9. The van der Waals surface area contributed by atoms with Crippen molar-refractivity contribution in [3.8, 4) is 0 Å². The highest BCUT2D eigenvalue weighted by Crippen LogP contribution is 2.78. The first-order valence-corrected chi connectivity index (χ1v) is 16.9. The van der Waals surface area contributed by atoms with Gasteiger partial charge in [-0.15, -0.1) is 0 Å². The molecule has 5 heteroatoms. The Hall–Kier alpha value is -1.62. The highest BCUT2D eigenvalue weighted by molar-refractivity contribution is 6.04. The number of fused-ring (bicyclic) bond motifs is 5. The number of hydrogen-bond acceptors (Lipinski definition) is 2. The van der Waals surface area contributed by atoms with Crippen molar-refractivity contribution < 1.29 is 22.7 Å².